The van der Waals surface area contributed by atoms with Crippen LogP contribution in [0, 0.1) is 0 Å². The summed E-state index contributed by atoms with van der Waals surface area (Å²) in [5.41, 5.74) is -0.132. The number of rotatable bonds is 0. The molecule has 0 atom stereocenters. The topological polar surface area (TPSA) is 50.2 Å². The molecule has 2 aromatic heterocycles. The Kier molecular flexibility index (Phi) is 0.768. The monoisotopic (exact) mass is 135 g/mol. The van der Waals surface area contributed by atoms with Crippen molar-refractivity contribution < 1.29 is 0 Å². The van der Waals surface area contributed by atoms with E-state index in [0.29, 0.717) is 11.1 Å². The van der Waals surface area contributed by atoms with Gasteiger partial charge in [-0.15, -0.1) is 0 Å². The fourth-order valence-electron chi connectivity index (χ4n) is 0.894. The Balaban J connectivity index is 3.24. The first kappa shape index (κ1) is 5.22. The average molecular weight is 135 g/mol. The molecule has 0 fully saturated rings. The molecule has 0 bridgehead atoms. The van der Waals surface area contributed by atoms with Gasteiger partial charge in [0, 0.05) is 12.4 Å². The number of hydrogen-bond donors (Lipinski definition) is 1. The number of H-pyrrole nitrogens is 1. The fraction of sp³-hybridized carbons (Fsp3) is 0. The molecular formula is C6H5N3O. The first-order valence-electron chi connectivity index (χ1n) is 2.83. The van der Waals surface area contributed by atoms with Gasteiger partial charge in [0.05, 0.1) is 0 Å². The molecule has 0 amide bonds. The van der Waals surface area contributed by atoms with Gasteiger partial charge in [0.15, 0.2) is 0 Å². The van der Waals surface area contributed by atoms with Gasteiger partial charge >= 0.3 is 0 Å². The highest BCUT2D eigenvalue weighted by molar-refractivity contribution is 5.28. The number of fused-ring (bicyclic) bond motifs is 1. The molecule has 1 N–H and O–H groups in total. The molecule has 0 saturated heterocycles. The van der Waals surface area contributed by atoms with E-state index in [1.54, 1.807) is 12.4 Å². The van der Waals surface area contributed by atoms with Crippen molar-refractivity contribution in [1.82, 2.24) is 14.4 Å². The second-order valence-electron chi connectivity index (χ2n) is 2.03. The normalized spacial score (nSPS) is 10.8. The summed E-state index contributed by atoms with van der Waals surface area (Å²) >= 11 is 0. The Labute approximate surface area is 55.8 Å². The van der Waals surface area contributed by atoms with Gasteiger partial charge in [-0.05, 0) is 0 Å². The lowest BCUT2D eigenvalue weighted by Gasteiger charge is -1.71. The summed E-state index contributed by atoms with van der Waals surface area (Å²) in [5.74, 6) is 0.551. The van der Waals surface area contributed by atoms with Crippen molar-refractivity contribution in [2.75, 3.05) is 0 Å². The summed E-state index contributed by atoms with van der Waals surface area (Å²) in [7, 11) is 0. The van der Waals surface area contributed by atoms with E-state index in [9.17, 15) is 4.79 Å². The zero-order valence-corrected chi connectivity index (χ0v) is 5.16. The van der Waals surface area contributed by atoms with E-state index in [1.165, 1.54) is 4.40 Å². The number of imidazole rings is 2. The molecule has 0 unspecified atom stereocenters. The molecule has 0 spiro atoms. The van der Waals surface area contributed by atoms with Crippen molar-refractivity contribution in [3.05, 3.63) is 28.1 Å². The standard InChI is InChI=1S/C6H5N3O/c1-4-5(10)9-3-2-7-6(9)8-4/h2-3H,1H2,(H,7,8). The minimum absolute atomic E-state index is 0.132. The van der Waals surface area contributed by atoms with Crippen LogP contribution in [-0.4, -0.2) is 14.4 Å². The fourth-order valence-corrected chi connectivity index (χ4v) is 0.894. The molecule has 0 aliphatic carbocycles. The second kappa shape index (κ2) is 1.47. The number of hydrogen-bond acceptors (Lipinski definition) is 2. The zero-order chi connectivity index (χ0) is 7.14. The highest BCUT2D eigenvalue weighted by Gasteiger charge is 1.98. The molecule has 0 aliphatic heterocycles. The van der Waals surface area contributed by atoms with E-state index in [1.807, 2.05) is 0 Å². The van der Waals surface area contributed by atoms with Crippen molar-refractivity contribution in [2.24, 2.45) is 0 Å². The Hall–Kier alpha value is -1.58. The molecular weight excluding hydrogens is 130 g/mol. The first-order chi connectivity index (χ1) is 4.79. The van der Waals surface area contributed by atoms with Crippen molar-refractivity contribution >= 4 is 12.4 Å². The van der Waals surface area contributed by atoms with Crippen LogP contribution in [0.25, 0.3) is 12.4 Å². The number of aromatic nitrogens is 3. The zero-order valence-electron chi connectivity index (χ0n) is 5.16. The molecule has 0 aliphatic rings. The summed E-state index contributed by atoms with van der Waals surface area (Å²) in [4.78, 5) is 17.6. The molecule has 2 aromatic rings. The third-order valence-electron chi connectivity index (χ3n) is 1.38. The van der Waals surface area contributed by atoms with Gasteiger partial charge in [-0.3, -0.25) is 9.20 Å². The summed E-state index contributed by atoms with van der Waals surface area (Å²) < 4.78 is 1.42. The summed E-state index contributed by atoms with van der Waals surface area (Å²) in [6, 6.07) is 0. The van der Waals surface area contributed by atoms with E-state index in [2.05, 4.69) is 16.5 Å². The van der Waals surface area contributed by atoms with E-state index < -0.39 is 0 Å². The highest BCUT2D eigenvalue weighted by atomic mass is 16.1. The molecule has 0 radical (unpaired) electrons. The van der Waals surface area contributed by atoms with E-state index in [4.69, 9.17) is 0 Å². The van der Waals surface area contributed by atoms with Crippen LogP contribution in [0.5, 0.6) is 0 Å². The number of aromatic amines is 1. The van der Waals surface area contributed by atoms with Crippen LogP contribution in [0.1, 0.15) is 0 Å². The van der Waals surface area contributed by atoms with Gasteiger partial charge in [0.2, 0.25) is 5.78 Å². The van der Waals surface area contributed by atoms with Crippen LogP contribution in [0.2, 0.25) is 0 Å². The van der Waals surface area contributed by atoms with Crippen LogP contribution >= 0.6 is 0 Å². The summed E-state index contributed by atoms with van der Waals surface area (Å²) in [6.07, 6.45) is 3.16. The smallest absolute Gasteiger partial charge is 0.280 e. The van der Waals surface area contributed by atoms with E-state index in [-0.39, 0.29) is 5.56 Å². The maximum absolute atomic E-state index is 11.0. The molecule has 0 aromatic carbocycles. The van der Waals surface area contributed by atoms with Crippen LogP contribution in [0.15, 0.2) is 17.2 Å². The third-order valence-corrected chi connectivity index (χ3v) is 1.38. The number of nitrogens with one attached hydrogen (secondary N) is 1. The minimum Gasteiger partial charge on any atom is -0.321 e. The lowest BCUT2D eigenvalue weighted by Crippen LogP contribution is -2.23. The Morgan fingerprint density at radius 1 is 1.70 bits per heavy atom. The minimum atomic E-state index is -0.132. The van der Waals surface area contributed by atoms with Crippen molar-refractivity contribution in [1.29, 1.82) is 0 Å². The predicted molar refractivity (Wildman–Crippen MR) is 36.6 cm³/mol. The molecule has 10 heavy (non-hydrogen) atoms. The highest BCUT2D eigenvalue weighted by Crippen LogP contribution is 1.84. The quantitative estimate of drug-likeness (QED) is 0.511. The summed E-state index contributed by atoms with van der Waals surface area (Å²) in [5, 5.41) is 0.378. The van der Waals surface area contributed by atoms with Crippen molar-refractivity contribution in [3.8, 4) is 0 Å². The Morgan fingerprint density at radius 2 is 2.50 bits per heavy atom. The molecule has 0 saturated carbocycles. The SMILES string of the molecule is C=c1[nH]c2nccn2c1=O. The molecule has 4 nitrogen and oxygen atoms in total. The van der Waals surface area contributed by atoms with Crippen LogP contribution in [-0.2, 0) is 0 Å². The van der Waals surface area contributed by atoms with Crippen LogP contribution < -0.4 is 10.9 Å². The van der Waals surface area contributed by atoms with Gasteiger partial charge in [0.1, 0.15) is 5.35 Å². The molecule has 4 heteroatoms. The van der Waals surface area contributed by atoms with Gasteiger partial charge in [-0.1, -0.05) is 6.58 Å². The first-order valence-corrected chi connectivity index (χ1v) is 2.83. The average Bonchev–Trinajstić information content (AvgIpc) is 2.41. The maximum atomic E-state index is 11.0. The lowest BCUT2D eigenvalue weighted by molar-refractivity contribution is 1.15. The summed E-state index contributed by atoms with van der Waals surface area (Å²) in [6.45, 7) is 3.50. The predicted octanol–water partition coefficient (Wildman–Crippen LogP) is -0.848. The van der Waals surface area contributed by atoms with Gasteiger partial charge in [-0.2, -0.15) is 0 Å². The lowest BCUT2D eigenvalue weighted by atomic mass is 10.7. The third kappa shape index (κ3) is 0.452. The largest absolute Gasteiger partial charge is 0.321 e. The second-order valence-corrected chi connectivity index (χ2v) is 2.03. The van der Waals surface area contributed by atoms with E-state index in [0.717, 1.165) is 0 Å². The van der Waals surface area contributed by atoms with Crippen molar-refractivity contribution in [3.63, 3.8) is 0 Å². The van der Waals surface area contributed by atoms with Crippen molar-refractivity contribution in [2.45, 2.75) is 0 Å². The Bertz CT molecular complexity index is 453. The van der Waals surface area contributed by atoms with Gasteiger partial charge < -0.3 is 4.98 Å². The molecule has 50 valence electrons. The molecule has 2 heterocycles. The van der Waals surface area contributed by atoms with Gasteiger partial charge in [0.25, 0.3) is 5.56 Å². The van der Waals surface area contributed by atoms with Crippen LogP contribution in [0.4, 0.5) is 0 Å². The Morgan fingerprint density at radius 3 is 3.20 bits per heavy atom. The van der Waals surface area contributed by atoms with Crippen LogP contribution in [0.3, 0.4) is 0 Å². The van der Waals surface area contributed by atoms with E-state index >= 15 is 0 Å². The maximum Gasteiger partial charge on any atom is 0.280 e. The van der Waals surface area contributed by atoms with Gasteiger partial charge in [-0.25, -0.2) is 4.98 Å². The molecule has 2 rings (SSSR count). The number of nitrogens with zero attached hydrogens (tertiary/aromatic N) is 2.